The quantitative estimate of drug-likeness (QED) is 0.0914. The van der Waals surface area contributed by atoms with Crippen LogP contribution in [0.15, 0.2) is 66.4 Å². The van der Waals surface area contributed by atoms with Crippen molar-refractivity contribution in [1.29, 1.82) is 5.26 Å². The van der Waals surface area contributed by atoms with Crippen molar-refractivity contribution in [3.63, 3.8) is 0 Å². The first-order valence-corrected chi connectivity index (χ1v) is 24.0. The third-order valence-corrected chi connectivity index (χ3v) is 13.7. The molecule has 4 atom stereocenters. The number of fused-ring (bicyclic) bond motifs is 6. The van der Waals surface area contributed by atoms with Gasteiger partial charge in [0.2, 0.25) is 11.8 Å². The van der Waals surface area contributed by atoms with Crippen molar-refractivity contribution in [2.24, 2.45) is 23.2 Å². The highest BCUT2D eigenvalue weighted by Gasteiger charge is 2.39. The summed E-state index contributed by atoms with van der Waals surface area (Å²) in [5, 5.41) is 26.1. The summed E-state index contributed by atoms with van der Waals surface area (Å²) < 4.78 is 14.0. The zero-order chi connectivity index (χ0) is 49.7. The second-order valence-corrected chi connectivity index (χ2v) is 19.8. The smallest absolute Gasteiger partial charge is 0.324 e. The fourth-order valence-corrected chi connectivity index (χ4v) is 10.0. The van der Waals surface area contributed by atoms with Crippen LogP contribution in [0.2, 0.25) is 0 Å². The number of hydrazine groups is 1. The van der Waals surface area contributed by atoms with E-state index in [1.54, 1.807) is 39.4 Å². The van der Waals surface area contributed by atoms with Gasteiger partial charge in [-0.05, 0) is 104 Å². The number of methoxy groups -OCH3 is 1. The van der Waals surface area contributed by atoms with Crippen molar-refractivity contribution in [3.05, 3.63) is 83.2 Å². The number of nitriles is 1. The lowest BCUT2D eigenvalue weighted by Gasteiger charge is -2.36. The van der Waals surface area contributed by atoms with Gasteiger partial charge < -0.3 is 34.3 Å². The van der Waals surface area contributed by atoms with E-state index in [1.807, 2.05) is 38.1 Å². The number of esters is 1. The maximum Gasteiger partial charge on any atom is 0.324 e. The van der Waals surface area contributed by atoms with Crippen molar-refractivity contribution in [3.8, 4) is 34.2 Å². The Bertz CT molecular complexity index is 2680. The molecule has 2 aromatic carbocycles. The maximum atomic E-state index is 14.7. The Hall–Kier alpha value is -6.57. The molecule has 4 amide bonds. The summed E-state index contributed by atoms with van der Waals surface area (Å²) in [5.41, 5.74) is 9.56. The van der Waals surface area contributed by atoms with Crippen molar-refractivity contribution >= 4 is 40.5 Å². The molecule has 3 aliphatic rings. The van der Waals surface area contributed by atoms with E-state index in [-0.39, 0.29) is 55.8 Å². The van der Waals surface area contributed by atoms with Gasteiger partial charge in [0.05, 0.1) is 36.4 Å². The van der Waals surface area contributed by atoms with Crippen LogP contribution < -0.4 is 10.7 Å². The number of aromatic nitrogens is 2. The Balaban J connectivity index is 1.24. The lowest BCUT2D eigenvalue weighted by Crippen LogP contribution is -2.61. The number of cyclic esters (lactones) is 1. The number of aryl methyl sites for hydroxylation is 1. The molecular formula is C53H66N8O8. The molecule has 2 aromatic heterocycles. The first-order valence-electron chi connectivity index (χ1n) is 24.0. The fraction of sp³-hybridized carbons (Fsp3) is 0.491. The van der Waals surface area contributed by atoms with Crippen molar-refractivity contribution in [2.45, 2.75) is 98.9 Å². The van der Waals surface area contributed by atoms with Crippen molar-refractivity contribution < 1.29 is 38.6 Å². The van der Waals surface area contributed by atoms with Crippen molar-refractivity contribution in [2.75, 3.05) is 46.9 Å². The van der Waals surface area contributed by atoms with Crippen LogP contribution in [0.25, 0.3) is 33.3 Å². The SMILES string of the molecule is C/C=C(\C#N)C(=O)N1CC[C@@H](C(=O)N(C)CC(C(=O)N[C@H]2Cc3cc(O)cc(c3)-c3ccc4c(c3)c(c(-c3cccnc3COC)n4CC)CC(C)(C)COC(=O)[C@@H]3CCCN(N3)C2=O)C(C)C)C1. The number of benzene rings is 2. The van der Waals surface area contributed by atoms with Gasteiger partial charge in [-0.25, -0.2) is 5.43 Å². The van der Waals surface area contributed by atoms with E-state index >= 15 is 0 Å². The summed E-state index contributed by atoms with van der Waals surface area (Å²) in [7, 11) is 3.28. The predicted octanol–water partition coefficient (Wildman–Crippen LogP) is 5.94. The largest absolute Gasteiger partial charge is 0.508 e. The third-order valence-electron chi connectivity index (χ3n) is 13.7. The molecule has 2 saturated heterocycles. The van der Waals surface area contributed by atoms with Gasteiger partial charge in [0, 0.05) is 81.4 Å². The number of phenolic OH excluding ortho intramolecular Hbond substituents is 1. The molecule has 1 unspecified atom stereocenters. The average molecular weight is 943 g/mol. The molecule has 0 spiro atoms. The van der Waals surface area contributed by atoms with Gasteiger partial charge in [0.25, 0.3) is 11.8 Å². The number of amides is 4. The van der Waals surface area contributed by atoms with Gasteiger partial charge in [0.1, 0.15) is 29.5 Å². The molecule has 69 heavy (non-hydrogen) atoms. The van der Waals surface area contributed by atoms with E-state index in [0.29, 0.717) is 50.9 Å². The number of rotatable bonds is 11. The molecule has 0 radical (unpaired) electrons. The van der Waals surface area contributed by atoms with Gasteiger partial charge in [-0.3, -0.25) is 34.0 Å². The van der Waals surface area contributed by atoms with E-state index in [2.05, 4.69) is 54.3 Å². The summed E-state index contributed by atoms with van der Waals surface area (Å²) >= 11 is 0. The highest BCUT2D eigenvalue weighted by atomic mass is 16.5. The van der Waals surface area contributed by atoms with E-state index in [1.165, 1.54) is 20.9 Å². The molecule has 366 valence electrons. The van der Waals surface area contributed by atoms with Crippen LogP contribution in [0.5, 0.6) is 5.75 Å². The van der Waals surface area contributed by atoms with Crippen LogP contribution in [0.4, 0.5) is 0 Å². The minimum atomic E-state index is -1.14. The Morgan fingerprint density at radius 2 is 1.90 bits per heavy atom. The standard InChI is InChI=1S/C53H66N8O8/c1-9-34(27-54)50(65)59-20-17-36(28-59)49(64)58(7)29-42(32(3)4)48(63)56-44-23-33-21-37(24-38(62)22-33)35-15-16-46-40(25-35)41(47(60(46)10-2)39-13-11-18-55-45(39)30-68-8)26-53(5,6)31-69-52(67)43-14-12-19-61(57-43)51(44)66/h9,11,13,15-16,18,21-22,24-25,32,36,42-44,57,62H,10,12,14,17,19-20,23,26,28-31H2,1-8H3,(H,56,63)/b34-9+/t36-,42?,43+,44+/m1/s1. The van der Waals surface area contributed by atoms with Crippen LogP contribution in [-0.4, -0.2) is 118 Å². The Labute approximate surface area is 404 Å². The van der Waals surface area contributed by atoms with E-state index in [0.717, 1.165) is 44.5 Å². The number of allylic oxidation sites excluding steroid dienone is 1. The molecule has 16 nitrogen and oxygen atoms in total. The Morgan fingerprint density at radius 3 is 2.61 bits per heavy atom. The normalized spacial score (nSPS) is 20.3. The summed E-state index contributed by atoms with van der Waals surface area (Å²) in [6, 6.07) is 15.4. The molecule has 7 rings (SSSR count). The summed E-state index contributed by atoms with van der Waals surface area (Å²) in [6.07, 6.45) is 5.14. The first-order chi connectivity index (χ1) is 33.0. The highest BCUT2D eigenvalue weighted by molar-refractivity contribution is 5.98. The van der Waals surface area contributed by atoms with Crippen LogP contribution in [0.3, 0.4) is 0 Å². The van der Waals surface area contributed by atoms with E-state index < -0.39 is 53.0 Å². The van der Waals surface area contributed by atoms with Crippen LogP contribution >= 0.6 is 0 Å². The van der Waals surface area contributed by atoms with Crippen LogP contribution in [0, 0.1) is 34.5 Å². The Morgan fingerprint density at radius 1 is 1.12 bits per heavy atom. The second kappa shape index (κ2) is 21.4. The molecule has 0 aliphatic carbocycles. The molecule has 3 aliphatic heterocycles. The number of hydrogen-bond acceptors (Lipinski definition) is 11. The fourth-order valence-electron chi connectivity index (χ4n) is 10.0. The lowest BCUT2D eigenvalue weighted by atomic mass is 9.84. The first kappa shape index (κ1) is 50.3. The highest BCUT2D eigenvalue weighted by Crippen LogP contribution is 2.41. The predicted molar refractivity (Wildman–Crippen MR) is 261 cm³/mol. The number of carbonyl (C=O) groups excluding carboxylic acids is 5. The van der Waals surface area contributed by atoms with Gasteiger partial charge in [-0.15, -0.1) is 0 Å². The third kappa shape index (κ3) is 11.0. The van der Waals surface area contributed by atoms with Gasteiger partial charge in [0.15, 0.2) is 0 Å². The maximum absolute atomic E-state index is 14.7. The van der Waals surface area contributed by atoms with Gasteiger partial charge in [-0.1, -0.05) is 45.9 Å². The van der Waals surface area contributed by atoms with E-state index in [4.69, 9.17) is 14.5 Å². The van der Waals surface area contributed by atoms with Crippen molar-refractivity contribution in [1.82, 2.24) is 35.1 Å². The summed E-state index contributed by atoms with van der Waals surface area (Å²) in [5.74, 6) is -3.51. The Kier molecular flexibility index (Phi) is 15.6. The second-order valence-electron chi connectivity index (χ2n) is 19.8. The molecule has 4 aromatic rings. The summed E-state index contributed by atoms with van der Waals surface area (Å²) in [4.78, 5) is 77.6. The molecule has 2 fully saturated rings. The zero-order valence-electron chi connectivity index (χ0n) is 41.1. The van der Waals surface area contributed by atoms with Crippen LogP contribution in [0.1, 0.15) is 77.6 Å². The van der Waals surface area contributed by atoms with Crippen LogP contribution in [-0.2, 0) is 59.4 Å². The average Bonchev–Trinajstić information content (AvgIpc) is 3.94. The monoisotopic (exact) mass is 943 g/mol. The zero-order valence-corrected chi connectivity index (χ0v) is 41.1. The number of nitrogens with one attached hydrogen (secondary N) is 2. The number of pyridine rings is 1. The molecule has 3 N–H and O–H groups in total. The number of ether oxygens (including phenoxy) is 2. The number of phenols is 1. The summed E-state index contributed by atoms with van der Waals surface area (Å²) in [6.45, 7) is 13.5. The molecule has 6 bridgehead atoms. The minimum Gasteiger partial charge on any atom is -0.508 e. The topological polar surface area (TPSA) is 199 Å². The number of carbonyl (C=O) groups is 5. The lowest BCUT2D eigenvalue weighted by molar-refractivity contribution is -0.155. The number of hydrogen-bond donors (Lipinski definition) is 3. The molecular weight excluding hydrogens is 877 g/mol. The number of nitrogens with zero attached hydrogens (tertiary/aromatic N) is 6. The molecule has 5 heterocycles. The van der Waals surface area contributed by atoms with E-state index in [9.17, 15) is 34.3 Å². The number of likely N-dealkylation sites (tertiary alicyclic amines) is 1. The van der Waals surface area contributed by atoms with Gasteiger partial charge in [-0.2, -0.15) is 5.26 Å². The molecule has 16 heteroatoms. The minimum absolute atomic E-state index is 0.00298. The molecule has 0 saturated carbocycles. The van der Waals surface area contributed by atoms with Gasteiger partial charge >= 0.3 is 5.97 Å². The number of aromatic hydroxyl groups is 1.